The summed E-state index contributed by atoms with van der Waals surface area (Å²) in [6.45, 7) is 0.152. The Bertz CT molecular complexity index is 638. The molecule has 4 nitrogen and oxygen atoms in total. The molecular formula is C15H14F3NO3. The first-order chi connectivity index (χ1) is 10.3. The molecule has 1 aromatic heterocycles. The molecule has 2 aromatic rings. The molecule has 0 spiro atoms. The molecule has 0 fully saturated rings. The third-order valence-electron chi connectivity index (χ3n) is 3.25. The fraction of sp³-hybridized carbons (Fsp3) is 0.267. The number of nitrogens with zero attached hydrogens (tertiary/aromatic N) is 1. The van der Waals surface area contributed by atoms with Gasteiger partial charge in [0.15, 0.2) is 0 Å². The monoisotopic (exact) mass is 313 g/mol. The summed E-state index contributed by atoms with van der Waals surface area (Å²) in [5, 5.41) is 9.38. The zero-order chi connectivity index (χ0) is 16.3. The number of carboxylic acid groups (broad SMARTS) is 1. The van der Waals surface area contributed by atoms with Crippen LogP contribution in [0.1, 0.15) is 22.7 Å². The van der Waals surface area contributed by atoms with Crippen molar-refractivity contribution in [3.8, 4) is 0 Å². The van der Waals surface area contributed by atoms with Gasteiger partial charge in [0.2, 0.25) is 0 Å². The minimum atomic E-state index is -4.61. The SMILES string of the molecule is CN(Cc1ccoc1)[C@@H](C(=O)O)c1ccccc1C(F)(F)F. The molecule has 0 unspecified atom stereocenters. The van der Waals surface area contributed by atoms with Gasteiger partial charge in [0.1, 0.15) is 6.04 Å². The van der Waals surface area contributed by atoms with Crippen LogP contribution in [0.2, 0.25) is 0 Å². The molecule has 0 amide bonds. The molecule has 0 radical (unpaired) electrons. The third kappa shape index (κ3) is 3.48. The number of carbonyl (C=O) groups is 1. The zero-order valence-corrected chi connectivity index (χ0v) is 11.7. The second kappa shape index (κ2) is 6.23. The van der Waals surface area contributed by atoms with Gasteiger partial charge in [-0.15, -0.1) is 0 Å². The van der Waals surface area contributed by atoms with E-state index in [2.05, 4.69) is 0 Å². The van der Waals surface area contributed by atoms with E-state index < -0.39 is 23.8 Å². The lowest BCUT2D eigenvalue weighted by molar-refractivity contribution is -0.145. The van der Waals surface area contributed by atoms with Gasteiger partial charge < -0.3 is 9.52 Å². The molecule has 0 saturated carbocycles. The molecule has 1 N–H and O–H groups in total. The number of benzene rings is 1. The highest BCUT2D eigenvalue weighted by Crippen LogP contribution is 2.36. The lowest BCUT2D eigenvalue weighted by Crippen LogP contribution is -2.32. The molecule has 1 aromatic carbocycles. The average molecular weight is 313 g/mol. The molecular weight excluding hydrogens is 299 g/mol. The minimum Gasteiger partial charge on any atom is -0.480 e. The number of hydrogen-bond acceptors (Lipinski definition) is 3. The molecule has 118 valence electrons. The highest BCUT2D eigenvalue weighted by atomic mass is 19.4. The highest BCUT2D eigenvalue weighted by molar-refractivity contribution is 5.76. The van der Waals surface area contributed by atoms with E-state index in [1.807, 2.05) is 0 Å². The number of alkyl halides is 3. The predicted octanol–water partition coefficient (Wildman–Crippen LogP) is 3.56. The maximum atomic E-state index is 13.1. The second-order valence-electron chi connectivity index (χ2n) is 4.87. The van der Waals surface area contributed by atoms with E-state index in [1.165, 1.54) is 42.7 Å². The standard InChI is InChI=1S/C15H14F3NO3/c1-19(8-10-6-7-22-9-10)13(14(20)21)11-4-2-3-5-12(11)15(16,17)18/h2-7,9,13H,8H2,1H3,(H,20,21)/t13-/m1/s1. The van der Waals surface area contributed by atoms with Crippen LogP contribution >= 0.6 is 0 Å². The van der Waals surface area contributed by atoms with Gasteiger partial charge in [-0.2, -0.15) is 13.2 Å². The first kappa shape index (κ1) is 16.1. The van der Waals surface area contributed by atoms with Crippen LogP contribution in [0.5, 0.6) is 0 Å². The van der Waals surface area contributed by atoms with E-state index >= 15 is 0 Å². The van der Waals surface area contributed by atoms with Crippen molar-refractivity contribution in [3.63, 3.8) is 0 Å². The summed E-state index contributed by atoms with van der Waals surface area (Å²) in [6.07, 6.45) is -1.77. The van der Waals surface area contributed by atoms with Crippen molar-refractivity contribution in [2.24, 2.45) is 0 Å². The summed E-state index contributed by atoms with van der Waals surface area (Å²) >= 11 is 0. The third-order valence-corrected chi connectivity index (χ3v) is 3.25. The number of carboxylic acids is 1. The Morgan fingerprint density at radius 1 is 1.32 bits per heavy atom. The van der Waals surface area contributed by atoms with E-state index in [0.717, 1.165) is 6.07 Å². The Labute approximate surface area is 124 Å². The summed E-state index contributed by atoms with van der Waals surface area (Å²) in [6, 6.07) is 4.93. The van der Waals surface area contributed by atoms with E-state index in [-0.39, 0.29) is 12.1 Å². The largest absolute Gasteiger partial charge is 0.480 e. The zero-order valence-electron chi connectivity index (χ0n) is 11.7. The highest BCUT2D eigenvalue weighted by Gasteiger charge is 2.38. The first-order valence-electron chi connectivity index (χ1n) is 6.41. The number of hydrogen-bond donors (Lipinski definition) is 1. The molecule has 0 saturated heterocycles. The Morgan fingerprint density at radius 2 is 2.00 bits per heavy atom. The van der Waals surface area contributed by atoms with Crippen molar-refractivity contribution >= 4 is 5.97 Å². The minimum absolute atomic E-state index is 0.152. The Kier molecular flexibility index (Phi) is 4.56. The van der Waals surface area contributed by atoms with Gasteiger partial charge in [-0.3, -0.25) is 9.69 Å². The molecule has 2 rings (SSSR count). The Hall–Kier alpha value is -2.28. The van der Waals surface area contributed by atoms with Crippen LogP contribution in [0.4, 0.5) is 13.2 Å². The lowest BCUT2D eigenvalue weighted by Gasteiger charge is -2.26. The van der Waals surface area contributed by atoms with Crippen LogP contribution in [0.3, 0.4) is 0 Å². The fourth-order valence-electron chi connectivity index (χ4n) is 2.31. The summed E-state index contributed by atoms with van der Waals surface area (Å²) in [7, 11) is 1.46. The summed E-state index contributed by atoms with van der Waals surface area (Å²) in [4.78, 5) is 12.8. The number of likely N-dealkylation sites (N-methyl/N-ethyl adjacent to an activating group) is 1. The van der Waals surface area contributed by atoms with E-state index in [4.69, 9.17) is 4.42 Å². The van der Waals surface area contributed by atoms with Gasteiger partial charge in [-0.25, -0.2) is 0 Å². The van der Waals surface area contributed by atoms with Gasteiger partial charge in [0.25, 0.3) is 0 Å². The van der Waals surface area contributed by atoms with Crippen LogP contribution in [0, 0.1) is 0 Å². The van der Waals surface area contributed by atoms with Crippen molar-refractivity contribution in [3.05, 3.63) is 59.5 Å². The van der Waals surface area contributed by atoms with Crippen molar-refractivity contribution < 1.29 is 27.5 Å². The topological polar surface area (TPSA) is 53.7 Å². The average Bonchev–Trinajstić information content (AvgIpc) is 2.90. The van der Waals surface area contributed by atoms with Gasteiger partial charge >= 0.3 is 12.1 Å². The van der Waals surface area contributed by atoms with Crippen LogP contribution in [0.15, 0.2) is 47.3 Å². The molecule has 0 aliphatic heterocycles. The molecule has 1 heterocycles. The number of furan rings is 1. The number of rotatable bonds is 5. The van der Waals surface area contributed by atoms with Gasteiger partial charge in [-0.05, 0) is 24.7 Å². The predicted molar refractivity (Wildman–Crippen MR) is 72.0 cm³/mol. The van der Waals surface area contributed by atoms with E-state index in [1.54, 1.807) is 6.07 Å². The Balaban J connectivity index is 2.38. The molecule has 1 atom stereocenters. The molecule has 0 aliphatic rings. The quantitative estimate of drug-likeness (QED) is 0.917. The lowest BCUT2D eigenvalue weighted by atomic mass is 9.98. The van der Waals surface area contributed by atoms with Crippen molar-refractivity contribution in [2.45, 2.75) is 18.8 Å². The number of halogens is 3. The van der Waals surface area contributed by atoms with E-state index in [0.29, 0.717) is 5.56 Å². The maximum Gasteiger partial charge on any atom is 0.416 e. The normalized spacial score (nSPS) is 13.3. The Morgan fingerprint density at radius 3 is 2.55 bits per heavy atom. The smallest absolute Gasteiger partial charge is 0.416 e. The van der Waals surface area contributed by atoms with Gasteiger partial charge in [0, 0.05) is 12.1 Å². The molecule has 7 heteroatoms. The van der Waals surface area contributed by atoms with Crippen molar-refractivity contribution in [2.75, 3.05) is 7.05 Å². The fourth-order valence-corrected chi connectivity index (χ4v) is 2.31. The van der Waals surface area contributed by atoms with Gasteiger partial charge in [0.05, 0.1) is 18.1 Å². The van der Waals surface area contributed by atoms with Crippen LogP contribution in [-0.4, -0.2) is 23.0 Å². The van der Waals surface area contributed by atoms with Crippen LogP contribution < -0.4 is 0 Å². The van der Waals surface area contributed by atoms with Crippen LogP contribution in [0.25, 0.3) is 0 Å². The second-order valence-corrected chi connectivity index (χ2v) is 4.87. The molecule has 0 aliphatic carbocycles. The maximum absolute atomic E-state index is 13.1. The van der Waals surface area contributed by atoms with Crippen molar-refractivity contribution in [1.82, 2.24) is 4.90 Å². The van der Waals surface area contributed by atoms with E-state index in [9.17, 15) is 23.1 Å². The number of aliphatic carboxylic acids is 1. The first-order valence-corrected chi connectivity index (χ1v) is 6.41. The van der Waals surface area contributed by atoms with Crippen molar-refractivity contribution in [1.29, 1.82) is 0 Å². The van der Waals surface area contributed by atoms with Gasteiger partial charge in [-0.1, -0.05) is 18.2 Å². The summed E-state index contributed by atoms with van der Waals surface area (Å²) in [5.74, 6) is -1.34. The molecule has 22 heavy (non-hydrogen) atoms. The summed E-state index contributed by atoms with van der Waals surface area (Å²) in [5.41, 5.74) is -0.548. The molecule has 0 bridgehead atoms. The van der Waals surface area contributed by atoms with Crippen LogP contribution in [-0.2, 0) is 17.5 Å². The summed E-state index contributed by atoms with van der Waals surface area (Å²) < 4.78 is 44.1.